The monoisotopic (exact) mass is 431 g/mol. The molecule has 0 saturated carbocycles. The van der Waals surface area contributed by atoms with Gasteiger partial charge in [0.1, 0.15) is 10.7 Å². The molecule has 2 heterocycles. The Morgan fingerprint density at radius 3 is 2.50 bits per heavy atom. The molecule has 0 unspecified atom stereocenters. The summed E-state index contributed by atoms with van der Waals surface area (Å²) in [6.45, 7) is 1.74. The third-order valence-electron chi connectivity index (χ3n) is 3.77. The van der Waals surface area contributed by atoms with E-state index in [1.807, 2.05) is 16.5 Å². The van der Waals surface area contributed by atoms with Crippen LogP contribution in [-0.2, 0) is 10.0 Å². The maximum atomic E-state index is 12.4. The molecule has 1 aromatic carbocycles. The van der Waals surface area contributed by atoms with Gasteiger partial charge in [0, 0.05) is 35.8 Å². The Kier molecular flexibility index (Phi) is 5.96. The third-order valence-corrected chi connectivity index (χ3v) is 6.58. The van der Waals surface area contributed by atoms with Crippen molar-refractivity contribution in [3.05, 3.63) is 52.1 Å². The Hall–Kier alpha value is -1.48. The Labute approximate surface area is 165 Å². The average Bonchev–Trinajstić information content (AvgIpc) is 2.62. The zero-order valence-corrected chi connectivity index (χ0v) is 16.6. The molecule has 1 fully saturated rings. The molecule has 0 bridgehead atoms. The number of halogens is 2. The molecule has 2 aromatic rings. The number of thioether (sulfide) groups is 1. The van der Waals surface area contributed by atoms with Crippen LogP contribution in [0.5, 0.6) is 0 Å². The molecule has 6 nitrogen and oxygen atoms in total. The fourth-order valence-corrected chi connectivity index (χ4v) is 4.73. The summed E-state index contributed by atoms with van der Waals surface area (Å²) >= 11 is 13.6. The van der Waals surface area contributed by atoms with E-state index in [9.17, 15) is 13.2 Å². The topological polar surface area (TPSA) is 79.4 Å². The highest BCUT2D eigenvalue weighted by Gasteiger charge is 2.21. The molecule has 0 radical (unpaired) electrons. The van der Waals surface area contributed by atoms with Gasteiger partial charge in [-0.15, -0.1) is 0 Å². The smallest absolute Gasteiger partial charge is 0.266 e. The molecule has 0 atom stereocenters. The Morgan fingerprint density at radius 1 is 1.15 bits per heavy atom. The minimum Gasteiger partial charge on any atom is -0.355 e. The first-order chi connectivity index (χ1) is 12.4. The van der Waals surface area contributed by atoms with Gasteiger partial charge in [-0.2, -0.15) is 11.8 Å². The minimum atomic E-state index is -4.06. The van der Waals surface area contributed by atoms with Crippen LogP contribution in [0.3, 0.4) is 0 Å². The predicted molar refractivity (Wildman–Crippen MR) is 105 cm³/mol. The van der Waals surface area contributed by atoms with E-state index >= 15 is 0 Å². The third kappa shape index (κ3) is 4.43. The van der Waals surface area contributed by atoms with Crippen LogP contribution in [0.1, 0.15) is 10.4 Å². The van der Waals surface area contributed by atoms with E-state index in [1.165, 1.54) is 30.5 Å². The molecular weight excluding hydrogens is 417 g/mol. The summed E-state index contributed by atoms with van der Waals surface area (Å²) in [6, 6.07) is 7.28. The maximum absolute atomic E-state index is 12.4. The van der Waals surface area contributed by atoms with E-state index in [1.54, 1.807) is 6.07 Å². The van der Waals surface area contributed by atoms with E-state index in [2.05, 4.69) is 9.88 Å². The van der Waals surface area contributed by atoms with Crippen molar-refractivity contribution in [1.82, 2.24) is 9.71 Å². The standard InChI is InChI=1S/C16H15Cl2N3O3S2/c17-11-1-3-13(14(18)9-11)16(22)20-26(23,24)12-2-4-15(19-10-12)21-5-7-25-8-6-21/h1-4,9-10H,5-8H2,(H,20,22). The number of pyridine rings is 1. The number of aromatic nitrogens is 1. The van der Waals surface area contributed by atoms with E-state index in [0.29, 0.717) is 5.02 Å². The number of amides is 1. The lowest BCUT2D eigenvalue weighted by atomic mass is 10.2. The first-order valence-electron chi connectivity index (χ1n) is 7.68. The minimum absolute atomic E-state index is 0.0232. The quantitative estimate of drug-likeness (QED) is 0.800. The van der Waals surface area contributed by atoms with Crippen molar-refractivity contribution in [1.29, 1.82) is 0 Å². The number of nitrogens with zero attached hydrogens (tertiary/aromatic N) is 2. The second kappa shape index (κ2) is 8.04. The number of sulfonamides is 1. The number of rotatable bonds is 4. The van der Waals surface area contributed by atoms with Crippen molar-refractivity contribution in [3.63, 3.8) is 0 Å². The van der Waals surface area contributed by atoms with Crippen molar-refractivity contribution >= 4 is 56.7 Å². The summed E-state index contributed by atoms with van der Waals surface area (Å²) in [5, 5.41) is 0.423. The van der Waals surface area contributed by atoms with E-state index in [4.69, 9.17) is 23.2 Å². The molecule has 1 aliphatic heterocycles. The highest BCUT2D eigenvalue weighted by Crippen LogP contribution is 2.22. The predicted octanol–water partition coefficient (Wildman–Crippen LogP) is 3.06. The number of carbonyl (C=O) groups excluding carboxylic acids is 1. The summed E-state index contributed by atoms with van der Waals surface area (Å²) < 4.78 is 26.8. The Bertz CT molecular complexity index is 915. The van der Waals surface area contributed by atoms with Gasteiger partial charge < -0.3 is 4.90 Å². The van der Waals surface area contributed by atoms with Gasteiger partial charge in [-0.3, -0.25) is 4.79 Å². The Morgan fingerprint density at radius 2 is 1.88 bits per heavy atom. The molecule has 1 N–H and O–H groups in total. The first-order valence-corrected chi connectivity index (χ1v) is 11.1. The van der Waals surface area contributed by atoms with Crippen molar-refractivity contribution in [2.75, 3.05) is 29.5 Å². The van der Waals surface area contributed by atoms with Crippen LogP contribution in [0.15, 0.2) is 41.4 Å². The van der Waals surface area contributed by atoms with Crippen molar-refractivity contribution in [3.8, 4) is 0 Å². The van der Waals surface area contributed by atoms with Gasteiger partial charge in [-0.1, -0.05) is 23.2 Å². The normalized spacial score (nSPS) is 14.9. The molecule has 1 saturated heterocycles. The fourth-order valence-electron chi connectivity index (χ4n) is 2.42. The van der Waals surface area contributed by atoms with Gasteiger partial charge in [-0.25, -0.2) is 18.1 Å². The highest BCUT2D eigenvalue weighted by atomic mass is 35.5. The maximum Gasteiger partial charge on any atom is 0.266 e. The number of hydrogen-bond acceptors (Lipinski definition) is 6. The summed E-state index contributed by atoms with van der Waals surface area (Å²) in [5.41, 5.74) is 0.0232. The van der Waals surface area contributed by atoms with Gasteiger partial charge in [0.05, 0.1) is 10.6 Å². The molecule has 1 amide bonds. The lowest BCUT2D eigenvalue weighted by molar-refractivity contribution is 0.0981. The lowest BCUT2D eigenvalue weighted by Gasteiger charge is -2.27. The Balaban J connectivity index is 1.76. The number of nitrogens with one attached hydrogen (secondary N) is 1. The fraction of sp³-hybridized carbons (Fsp3) is 0.250. The summed E-state index contributed by atoms with van der Waals surface area (Å²) in [4.78, 5) is 18.5. The van der Waals surface area contributed by atoms with Crippen LogP contribution in [0, 0.1) is 0 Å². The van der Waals surface area contributed by atoms with Gasteiger partial charge in [0.15, 0.2) is 0 Å². The van der Waals surface area contributed by atoms with Gasteiger partial charge >= 0.3 is 0 Å². The second-order valence-electron chi connectivity index (χ2n) is 5.51. The van der Waals surface area contributed by atoms with Crippen LogP contribution in [-0.4, -0.2) is 43.9 Å². The van der Waals surface area contributed by atoms with Crippen molar-refractivity contribution in [2.24, 2.45) is 0 Å². The van der Waals surface area contributed by atoms with Gasteiger partial charge in [0.25, 0.3) is 15.9 Å². The number of benzene rings is 1. The first kappa shape index (κ1) is 19.3. The van der Waals surface area contributed by atoms with Crippen molar-refractivity contribution < 1.29 is 13.2 Å². The average molecular weight is 432 g/mol. The van der Waals surface area contributed by atoms with Crippen LogP contribution in [0.2, 0.25) is 10.0 Å². The van der Waals surface area contributed by atoms with Crippen LogP contribution in [0.25, 0.3) is 0 Å². The van der Waals surface area contributed by atoms with Crippen LogP contribution >= 0.6 is 35.0 Å². The summed E-state index contributed by atoms with van der Waals surface area (Å²) in [6.07, 6.45) is 1.25. The molecular formula is C16H15Cl2N3O3S2. The van der Waals surface area contributed by atoms with Crippen LogP contribution in [0.4, 0.5) is 5.82 Å². The summed E-state index contributed by atoms with van der Waals surface area (Å²) in [5.74, 6) is 1.92. The largest absolute Gasteiger partial charge is 0.355 e. The van der Waals surface area contributed by atoms with Gasteiger partial charge in [0.2, 0.25) is 0 Å². The molecule has 10 heteroatoms. The lowest BCUT2D eigenvalue weighted by Crippen LogP contribution is -2.33. The SMILES string of the molecule is O=C(NS(=O)(=O)c1ccc(N2CCSCC2)nc1)c1ccc(Cl)cc1Cl. The summed E-state index contributed by atoms with van der Waals surface area (Å²) in [7, 11) is -4.06. The molecule has 0 spiro atoms. The molecule has 3 rings (SSSR count). The number of hydrogen-bond donors (Lipinski definition) is 1. The zero-order chi connectivity index (χ0) is 18.7. The molecule has 1 aromatic heterocycles. The highest BCUT2D eigenvalue weighted by molar-refractivity contribution is 7.99. The number of carbonyl (C=O) groups is 1. The molecule has 138 valence electrons. The van der Waals surface area contributed by atoms with E-state index < -0.39 is 15.9 Å². The van der Waals surface area contributed by atoms with Crippen molar-refractivity contribution in [2.45, 2.75) is 4.90 Å². The van der Waals surface area contributed by atoms with Gasteiger partial charge in [-0.05, 0) is 30.3 Å². The van der Waals surface area contributed by atoms with E-state index in [0.717, 1.165) is 30.4 Å². The number of anilines is 1. The zero-order valence-electron chi connectivity index (χ0n) is 13.5. The molecule has 1 aliphatic rings. The van der Waals surface area contributed by atoms with E-state index in [-0.39, 0.29) is 15.5 Å². The molecule has 0 aliphatic carbocycles. The van der Waals surface area contributed by atoms with Crippen LogP contribution < -0.4 is 9.62 Å². The second-order valence-corrected chi connectivity index (χ2v) is 9.26. The molecule has 26 heavy (non-hydrogen) atoms.